The lowest BCUT2D eigenvalue weighted by Crippen LogP contribution is -2.15. The van der Waals surface area contributed by atoms with E-state index in [-0.39, 0.29) is 0 Å². The zero-order valence-electron chi connectivity index (χ0n) is 11.6. The van der Waals surface area contributed by atoms with Crippen LogP contribution in [0.2, 0.25) is 0 Å². The van der Waals surface area contributed by atoms with Crippen LogP contribution in [0.1, 0.15) is 39.8 Å². The number of hydrogen-bond donors (Lipinski definition) is 1. The average Bonchev–Trinajstić information content (AvgIpc) is 3.05. The second-order valence-electron chi connectivity index (χ2n) is 5.35. The molecule has 0 saturated heterocycles. The van der Waals surface area contributed by atoms with E-state index in [2.05, 4.69) is 29.7 Å². The van der Waals surface area contributed by atoms with Gasteiger partial charge in [-0.1, -0.05) is 0 Å². The Labute approximate surface area is 118 Å². The van der Waals surface area contributed by atoms with Crippen LogP contribution in [0.25, 0.3) is 0 Å². The van der Waals surface area contributed by atoms with Crippen LogP contribution in [0.4, 0.5) is 0 Å². The normalized spacial score (nSPS) is 15.7. The zero-order valence-corrected chi connectivity index (χ0v) is 12.5. The first-order valence-corrected chi connectivity index (χ1v) is 7.84. The Morgan fingerprint density at radius 2 is 2.37 bits per heavy atom. The fourth-order valence-corrected chi connectivity index (χ4v) is 4.27. The summed E-state index contributed by atoms with van der Waals surface area (Å²) in [5.41, 5.74) is 2.92. The molecule has 1 aliphatic carbocycles. The fourth-order valence-electron chi connectivity index (χ4n) is 2.86. The van der Waals surface area contributed by atoms with Crippen LogP contribution in [0.15, 0.2) is 18.5 Å². The SMILES string of the molecule is CNC(CCc1cnn(C)c1)c1cc2c(s1)CCC2. The smallest absolute Gasteiger partial charge is 0.0521 e. The summed E-state index contributed by atoms with van der Waals surface area (Å²) < 4.78 is 1.88. The molecular formula is C15H21N3S. The summed E-state index contributed by atoms with van der Waals surface area (Å²) in [5, 5.41) is 7.70. The Hall–Kier alpha value is -1.13. The largest absolute Gasteiger partial charge is 0.312 e. The van der Waals surface area contributed by atoms with Crippen molar-refractivity contribution in [2.24, 2.45) is 7.05 Å². The lowest BCUT2D eigenvalue weighted by Gasteiger charge is -2.14. The lowest BCUT2D eigenvalue weighted by atomic mass is 10.1. The van der Waals surface area contributed by atoms with Crippen molar-refractivity contribution in [3.05, 3.63) is 39.3 Å². The molecule has 2 heterocycles. The molecule has 0 fully saturated rings. The molecular weight excluding hydrogens is 254 g/mol. The summed E-state index contributed by atoms with van der Waals surface area (Å²) in [6.07, 6.45) is 10.2. The summed E-state index contributed by atoms with van der Waals surface area (Å²) in [6.45, 7) is 0. The average molecular weight is 275 g/mol. The molecule has 0 spiro atoms. The van der Waals surface area contributed by atoms with Crippen LogP contribution in [0, 0.1) is 0 Å². The molecule has 2 aromatic heterocycles. The molecule has 1 aliphatic rings. The molecule has 4 heteroatoms. The second kappa shape index (κ2) is 5.47. The first kappa shape index (κ1) is 12.9. The van der Waals surface area contributed by atoms with Gasteiger partial charge in [-0.3, -0.25) is 4.68 Å². The van der Waals surface area contributed by atoms with E-state index in [0.29, 0.717) is 6.04 Å². The number of thiophene rings is 1. The molecule has 0 saturated carbocycles. The van der Waals surface area contributed by atoms with E-state index in [1.807, 2.05) is 29.3 Å². The van der Waals surface area contributed by atoms with Gasteiger partial charge in [0.1, 0.15) is 0 Å². The third kappa shape index (κ3) is 2.74. The third-order valence-electron chi connectivity index (χ3n) is 3.94. The quantitative estimate of drug-likeness (QED) is 0.909. The van der Waals surface area contributed by atoms with Gasteiger partial charge in [-0.15, -0.1) is 11.3 Å². The molecule has 3 rings (SSSR count). The molecule has 1 N–H and O–H groups in total. The van der Waals surface area contributed by atoms with Crippen molar-refractivity contribution in [3.8, 4) is 0 Å². The van der Waals surface area contributed by atoms with Gasteiger partial charge in [0, 0.05) is 29.0 Å². The molecule has 0 amide bonds. The van der Waals surface area contributed by atoms with Crippen molar-refractivity contribution in [1.82, 2.24) is 15.1 Å². The predicted molar refractivity (Wildman–Crippen MR) is 79.7 cm³/mol. The molecule has 102 valence electrons. The highest BCUT2D eigenvalue weighted by Crippen LogP contribution is 2.35. The summed E-state index contributed by atoms with van der Waals surface area (Å²) in [6, 6.07) is 2.91. The van der Waals surface area contributed by atoms with Crippen molar-refractivity contribution in [2.45, 2.75) is 38.1 Å². The maximum atomic E-state index is 4.23. The summed E-state index contributed by atoms with van der Waals surface area (Å²) in [4.78, 5) is 3.13. The highest BCUT2D eigenvalue weighted by molar-refractivity contribution is 7.12. The maximum absolute atomic E-state index is 4.23. The number of nitrogens with one attached hydrogen (secondary N) is 1. The molecule has 2 aromatic rings. The Bertz CT molecular complexity index is 534. The molecule has 0 bridgehead atoms. The van der Waals surface area contributed by atoms with Gasteiger partial charge < -0.3 is 5.32 Å². The Morgan fingerprint density at radius 1 is 1.47 bits per heavy atom. The Balaban J connectivity index is 1.66. The van der Waals surface area contributed by atoms with Gasteiger partial charge >= 0.3 is 0 Å². The first-order valence-electron chi connectivity index (χ1n) is 7.02. The molecule has 19 heavy (non-hydrogen) atoms. The summed E-state index contributed by atoms with van der Waals surface area (Å²) in [7, 11) is 4.04. The van der Waals surface area contributed by atoms with E-state index in [9.17, 15) is 0 Å². The number of fused-ring (bicyclic) bond motifs is 1. The van der Waals surface area contributed by atoms with Gasteiger partial charge in [-0.05, 0) is 56.3 Å². The minimum atomic E-state index is 0.482. The minimum Gasteiger partial charge on any atom is -0.312 e. The summed E-state index contributed by atoms with van der Waals surface area (Å²) in [5.74, 6) is 0. The van der Waals surface area contributed by atoms with E-state index in [1.54, 1.807) is 10.4 Å². The van der Waals surface area contributed by atoms with E-state index in [4.69, 9.17) is 0 Å². The number of aryl methyl sites for hydroxylation is 4. The predicted octanol–water partition coefficient (Wildman–Crippen LogP) is 2.86. The van der Waals surface area contributed by atoms with Gasteiger partial charge in [-0.2, -0.15) is 5.10 Å². The number of aromatic nitrogens is 2. The molecule has 1 atom stereocenters. The van der Waals surface area contributed by atoms with E-state index < -0.39 is 0 Å². The maximum Gasteiger partial charge on any atom is 0.0521 e. The van der Waals surface area contributed by atoms with Crippen molar-refractivity contribution < 1.29 is 0 Å². The van der Waals surface area contributed by atoms with E-state index >= 15 is 0 Å². The van der Waals surface area contributed by atoms with E-state index in [1.165, 1.54) is 29.7 Å². The first-order chi connectivity index (χ1) is 9.26. The van der Waals surface area contributed by atoms with Crippen molar-refractivity contribution in [3.63, 3.8) is 0 Å². The highest BCUT2D eigenvalue weighted by atomic mass is 32.1. The van der Waals surface area contributed by atoms with Crippen LogP contribution in [0.3, 0.4) is 0 Å². The van der Waals surface area contributed by atoms with Gasteiger partial charge in [-0.25, -0.2) is 0 Å². The zero-order chi connectivity index (χ0) is 13.2. The molecule has 0 aromatic carbocycles. The van der Waals surface area contributed by atoms with Gasteiger partial charge in [0.2, 0.25) is 0 Å². The van der Waals surface area contributed by atoms with Gasteiger partial charge in [0.25, 0.3) is 0 Å². The number of hydrogen-bond acceptors (Lipinski definition) is 3. The number of rotatable bonds is 5. The third-order valence-corrected chi connectivity index (χ3v) is 5.29. The highest BCUT2D eigenvalue weighted by Gasteiger charge is 2.19. The standard InChI is InChI=1S/C15H21N3S/c1-16-13(7-6-11-9-17-18(2)10-11)15-8-12-4-3-5-14(12)19-15/h8-10,13,16H,3-7H2,1-2H3. The van der Waals surface area contributed by atoms with Crippen LogP contribution in [0.5, 0.6) is 0 Å². The second-order valence-corrected chi connectivity index (χ2v) is 6.52. The fraction of sp³-hybridized carbons (Fsp3) is 0.533. The van der Waals surface area contributed by atoms with Crippen LogP contribution in [-0.4, -0.2) is 16.8 Å². The van der Waals surface area contributed by atoms with E-state index in [0.717, 1.165) is 12.8 Å². The van der Waals surface area contributed by atoms with Crippen molar-refractivity contribution >= 4 is 11.3 Å². The molecule has 1 unspecified atom stereocenters. The Morgan fingerprint density at radius 3 is 3.05 bits per heavy atom. The molecule has 0 radical (unpaired) electrons. The molecule has 3 nitrogen and oxygen atoms in total. The van der Waals surface area contributed by atoms with Crippen molar-refractivity contribution in [2.75, 3.05) is 7.05 Å². The van der Waals surface area contributed by atoms with Crippen LogP contribution >= 0.6 is 11.3 Å². The Kier molecular flexibility index (Phi) is 3.71. The molecule has 0 aliphatic heterocycles. The van der Waals surface area contributed by atoms with Crippen molar-refractivity contribution in [1.29, 1.82) is 0 Å². The minimum absolute atomic E-state index is 0.482. The van der Waals surface area contributed by atoms with Crippen LogP contribution < -0.4 is 5.32 Å². The summed E-state index contributed by atoms with van der Waals surface area (Å²) >= 11 is 2.01. The monoisotopic (exact) mass is 275 g/mol. The lowest BCUT2D eigenvalue weighted by molar-refractivity contribution is 0.557. The van der Waals surface area contributed by atoms with Gasteiger partial charge in [0.15, 0.2) is 0 Å². The van der Waals surface area contributed by atoms with Crippen LogP contribution in [-0.2, 0) is 26.3 Å². The van der Waals surface area contributed by atoms with Gasteiger partial charge in [0.05, 0.1) is 6.20 Å². The number of nitrogens with zero attached hydrogens (tertiary/aromatic N) is 2. The topological polar surface area (TPSA) is 29.9 Å².